The molecule has 2 saturated heterocycles. The highest BCUT2D eigenvalue weighted by Gasteiger charge is 2.31. The number of aromatic nitrogens is 1. The van der Waals surface area contributed by atoms with Gasteiger partial charge in [-0.05, 0) is 99.3 Å². The van der Waals surface area contributed by atoms with E-state index in [1.165, 1.54) is 36.4 Å². The molecule has 4 rings (SSSR count). The minimum atomic E-state index is 0. The normalized spacial score (nSPS) is 18.5. The molecule has 1 aromatic carbocycles. The first kappa shape index (κ1) is 26.0. The van der Waals surface area contributed by atoms with Crippen LogP contribution in [0.5, 0.6) is 0 Å². The Morgan fingerprint density at radius 1 is 0.968 bits per heavy atom. The van der Waals surface area contributed by atoms with Gasteiger partial charge in [-0.25, -0.2) is 0 Å². The first-order valence-electron chi connectivity index (χ1n) is 10.9. The van der Waals surface area contributed by atoms with Crippen LogP contribution in [0.4, 0.5) is 0 Å². The highest BCUT2D eigenvalue weighted by Crippen LogP contribution is 2.24. The van der Waals surface area contributed by atoms with Crippen molar-refractivity contribution in [2.24, 2.45) is 0 Å². The summed E-state index contributed by atoms with van der Waals surface area (Å²) >= 11 is 1.87. The van der Waals surface area contributed by atoms with E-state index >= 15 is 0 Å². The van der Waals surface area contributed by atoms with Gasteiger partial charge >= 0.3 is 0 Å². The Bertz CT molecular complexity index is 785. The lowest BCUT2D eigenvalue weighted by molar-refractivity contribution is 0.0708. The van der Waals surface area contributed by atoms with Crippen LogP contribution in [0.25, 0.3) is 0 Å². The molecule has 2 aliphatic heterocycles. The van der Waals surface area contributed by atoms with E-state index in [4.69, 9.17) is 0 Å². The first-order chi connectivity index (χ1) is 14.3. The lowest BCUT2D eigenvalue weighted by Crippen LogP contribution is -2.42. The molecule has 0 N–H and O–H groups in total. The molecular weight excluding hydrogens is 449 g/mol. The molecule has 0 spiro atoms. The number of carbonyl (C=O) groups is 1. The first-order valence-corrected chi connectivity index (χ1v) is 11.9. The van der Waals surface area contributed by atoms with Crippen LogP contribution in [0, 0.1) is 0 Å². The molecule has 4 nitrogen and oxygen atoms in total. The number of likely N-dealkylation sites (tertiary alicyclic amines) is 2. The maximum Gasteiger partial charge on any atom is 0.254 e. The Morgan fingerprint density at radius 3 is 2.39 bits per heavy atom. The maximum absolute atomic E-state index is 13.1. The summed E-state index contributed by atoms with van der Waals surface area (Å²) in [6, 6.07) is 12.8. The summed E-state index contributed by atoms with van der Waals surface area (Å²) in [5.74, 6) is 1.29. The van der Waals surface area contributed by atoms with Crippen molar-refractivity contribution in [3.05, 3.63) is 59.9 Å². The fourth-order valence-electron chi connectivity index (χ4n) is 4.43. The largest absolute Gasteiger partial charge is 0.334 e. The maximum atomic E-state index is 13.1. The van der Waals surface area contributed by atoms with Gasteiger partial charge in [0.15, 0.2) is 0 Å². The van der Waals surface area contributed by atoms with Gasteiger partial charge in [0.25, 0.3) is 5.91 Å². The Balaban J connectivity index is 0.00000171. The van der Waals surface area contributed by atoms with Gasteiger partial charge in [0.05, 0.1) is 0 Å². The Morgan fingerprint density at radius 2 is 1.68 bits per heavy atom. The van der Waals surface area contributed by atoms with Gasteiger partial charge in [0, 0.05) is 42.0 Å². The lowest BCUT2D eigenvalue weighted by atomic mass is 10.1. The zero-order chi connectivity index (χ0) is 19.9. The SMILES string of the molecule is Cl.Cl.O=C(c1ccc(SCCCc2ccncc2)cc1)N1CCC[C@H]1CN1CCCC1. The number of aryl methyl sites for hydroxylation is 1. The van der Waals surface area contributed by atoms with E-state index in [-0.39, 0.29) is 30.7 Å². The molecule has 1 aromatic heterocycles. The van der Waals surface area contributed by atoms with Crippen molar-refractivity contribution in [1.29, 1.82) is 0 Å². The number of thioether (sulfide) groups is 1. The predicted molar refractivity (Wildman–Crippen MR) is 134 cm³/mol. The van der Waals surface area contributed by atoms with E-state index in [0.29, 0.717) is 6.04 Å². The van der Waals surface area contributed by atoms with Gasteiger partial charge in [-0.15, -0.1) is 36.6 Å². The molecule has 170 valence electrons. The monoisotopic (exact) mass is 481 g/mol. The fourth-order valence-corrected chi connectivity index (χ4v) is 5.28. The van der Waals surface area contributed by atoms with Crippen molar-refractivity contribution in [2.75, 3.05) is 31.9 Å². The van der Waals surface area contributed by atoms with Crippen molar-refractivity contribution in [1.82, 2.24) is 14.8 Å². The Hall–Kier alpha value is -1.27. The van der Waals surface area contributed by atoms with E-state index in [1.54, 1.807) is 0 Å². The van der Waals surface area contributed by atoms with E-state index in [0.717, 1.165) is 50.1 Å². The van der Waals surface area contributed by atoms with E-state index in [2.05, 4.69) is 39.0 Å². The third kappa shape index (κ3) is 7.38. The summed E-state index contributed by atoms with van der Waals surface area (Å²) in [7, 11) is 0. The van der Waals surface area contributed by atoms with Crippen molar-refractivity contribution in [2.45, 2.75) is 49.5 Å². The van der Waals surface area contributed by atoms with Crippen LogP contribution in [0.15, 0.2) is 53.7 Å². The second kappa shape index (κ2) is 13.3. The van der Waals surface area contributed by atoms with Gasteiger partial charge in [-0.3, -0.25) is 9.78 Å². The molecule has 0 radical (unpaired) electrons. The minimum absolute atomic E-state index is 0. The molecule has 31 heavy (non-hydrogen) atoms. The third-order valence-electron chi connectivity index (χ3n) is 6.03. The summed E-state index contributed by atoms with van der Waals surface area (Å²) in [5, 5.41) is 0. The van der Waals surface area contributed by atoms with Crippen molar-refractivity contribution < 1.29 is 4.79 Å². The fraction of sp³-hybridized carbons (Fsp3) is 0.500. The number of halogens is 2. The quantitative estimate of drug-likeness (QED) is 0.376. The average Bonchev–Trinajstić information content (AvgIpc) is 3.44. The van der Waals surface area contributed by atoms with Crippen molar-refractivity contribution in [3.63, 3.8) is 0 Å². The second-order valence-electron chi connectivity index (χ2n) is 8.13. The molecule has 2 aromatic rings. The van der Waals surface area contributed by atoms with Crippen LogP contribution in [-0.2, 0) is 6.42 Å². The van der Waals surface area contributed by atoms with Gasteiger partial charge in [-0.2, -0.15) is 0 Å². The summed E-state index contributed by atoms with van der Waals surface area (Å²) < 4.78 is 0. The minimum Gasteiger partial charge on any atom is -0.334 e. The zero-order valence-corrected chi connectivity index (χ0v) is 20.4. The number of benzene rings is 1. The number of hydrogen-bond acceptors (Lipinski definition) is 4. The summed E-state index contributed by atoms with van der Waals surface area (Å²) in [6.45, 7) is 4.36. The molecule has 2 fully saturated rings. The summed E-state index contributed by atoms with van der Waals surface area (Å²) in [4.78, 5) is 23.0. The van der Waals surface area contributed by atoms with Crippen LogP contribution in [-0.4, -0.2) is 58.7 Å². The van der Waals surface area contributed by atoms with Gasteiger partial charge in [0.2, 0.25) is 0 Å². The number of nitrogens with zero attached hydrogens (tertiary/aromatic N) is 3. The lowest BCUT2D eigenvalue weighted by Gasteiger charge is -2.28. The summed E-state index contributed by atoms with van der Waals surface area (Å²) in [5.41, 5.74) is 2.18. The van der Waals surface area contributed by atoms with Crippen LogP contribution in [0.1, 0.15) is 48.0 Å². The van der Waals surface area contributed by atoms with E-state index in [9.17, 15) is 4.79 Å². The van der Waals surface area contributed by atoms with Crippen LogP contribution in [0.2, 0.25) is 0 Å². The molecule has 1 atom stereocenters. The highest BCUT2D eigenvalue weighted by atomic mass is 35.5. The summed E-state index contributed by atoms with van der Waals surface area (Å²) in [6.07, 6.45) is 10.8. The van der Waals surface area contributed by atoms with E-state index < -0.39 is 0 Å². The number of hydrogen-bond donors (Lipinski definition) is 0. The van der Waals surface area contributed by atoms with Crippen LogP contribution < -0.4 is 0 Å². The predicted octanol–water partition coefficient (Wildman–Crippen LogP) is 5.35. The zero-order valence-electron chi connectivity index (χ0n) is 17.9. The standard InChI is InChI=1S/C24H31N3OS.2ClH/c28-24(27-17-3-6-22(27)19-26-15-1-2-16-26)21-7-9-23(10-8-21)29-18-4-5-20-11-13-25-14-12-20;;/h7-14,22H,1-6,15-19H2;2*1H/t22-;;/m0../s1. The molecule has 1 amide bonds. The average molecular weight is 483 g/mol. The highest BCUT2D eigenvalue weighted by molar-refractivity contribution is 7.99. The molecule has 3 heterocycles. The van der Waals surface area contributed by atoms with Gasteiger partial charge in [-0.1, -0.05) is 0 Å². The van der Waals surface area contributed by atoms with Crippen LogP contribution >= 0.6 is 36.6 Å². The second-order valence-corrected chi connectivity index (χ2v) is 9.30. The number of rotatable bonds is 8. The molecular formula is C24H33Cl2N3OS. The molecule has 7 heteroatoms. The smallest absolute Gasteiger partial charge is 0.254 e. The Labute approximate surface area is 203 Å². The van der Waals surface area contributed by atoms with Crippen molar-refractivity contribution >= 4 is 42.5 Å². The molecule has 0 saturated carbocycles. The topological polar surface area (TPSA) is 36.4 Å². The van der Waals surface area contributed by atoms with Crippen LogP contribution in [0.3, 0.4) is 0 Å². The Kier molecular flexibility index (Phi) is 11.2. The number of amides is 1. The molecule has 0 aliphatic carbocycles. The molecule has 0 unspecified atom stereocenters. The van der Waals surface area contributed by atoms with E-state index in [1.807, 2.05) is 36.3 Å². The number of carbonyl (C=O) groups excluding carboxylic acids is 1. The molecule has 0 bridgehead atoms. The third-order valence-corrected chi connectivity index (χ3v) is 7.13. The van der Waals surface area contributed by atoms with Gasteiger partial charge in [0.1, 0.15) is 0 Å². The molecule has 2 aliphatic rings. The number of pyridine rings is 1. The van der Waals surface area contributed by atoms with Crippen molar-refractivity contribution in [3.8, 4) is 0 Å². The van der Waals surface area contributed by atoms with Gasteiger partial charge < -0.3 is 9.80 Å².